The van der Waals surface area contributed by atoms with Crippen molar-refractivity contribution in [3.8, 4) is 0 Å². The lowest BCUT2D eigenvalue weighted by Crippen LogP contribution is -2.36. The number of carboxylic acid groups (broad SMARTS) is 2. The van der Waals surface area contributed by atoms with Crippen LogP contribution >= 0.6 is 0 Å². The standard InChI is InChI=1S/C10H12O10/c1-4(11)19-6(3-8(15)16)10(18)20-9(17)5(12)2-7(13)14/h5-6,12H,2-3H2,1H3,(H,13,14)(H,15,16). The smallest absolute Gasteiger partial charge is 0.355 e. The zero-order valence-electron chi connectivity index (χ0n) is 10.3. The summed E-state index contributed by atoms with van der Waals surface area (Å²) in [4.78, 5) is 53.8. The second-order valence-corrected chi connectivity index (χ2v) is 3.55. The van der Waals surface area contributed by atoms with Gasteiger partial charge >= 0.3 is 29.8 Å². The quantitative estimate of drug-likeness (QED) is 0.363. The van der Waals surface area contributed by atoms with Gasteiger partial charge in [-0.25, -0.2) is 9.59 Å². The minimum atomic E-state index is -2.10. The molecule has 0 radical (unpaired) electrons. The van der Waals surface area contributed by atoms with Crippen LogP contribution in [-0.4, -0.2) is 57.4 Å². The van der Waals surface area contributed by atoms with Crippen LogP contribution in [0.5, 0.6) is 0 Å². The molecular formula is C10H12O10. The first kappa shape index (κ1) is 17.5. The van der Waals surface area contributed by atoms with E-state index >= 15 is 0 Å². The maximum Gasteiger partial charge on any atom is 0.355 e. The normalized spacial score (nSPS) is 12.9. The Morgan fingerprint density at radius 3 is 1.85 bits per heavy atom. The third kappa shape index (κ3) is 7.06. The summed E-state index contributed by atoms with van der Waals surface area (Å²) in [5, 5.41) is 25.9. The Morgan fingerprint density at radius 1 is 0.950 bits per heavy atom. The fourth-order valence-electron chi connectivity index (χ4n) is 1.01. The number of carbonyl (C=O) groups excluding carboxylic acids is 3. The van der Waals surface area contributed by atoms with Crippen LogP contribution in [0.15, 0.2) is 0 Å². The van der Waals surface area contributed by atoms with E-state index < -0.39 is 54.9 Å². The topological polar surface area (TPSA) is 165 Å². The summed E-state index contributed by atoms with van der Waals surface area (Å²) in [6.07, 6.45) is -5.91. The van der Waals surface area contributed by atoms with Crippen LogP contribution in [0.25, 0.3) is 0 Å². The van der Waals surface area contributed by atoms with Crippen molar-refractivity contribution in [2.75, 3.05) is 0 Å². The molecule has 0 aromatic rings. The molecule has 0 spiro atoms. The van der Waals surface area contributed by atoms with Gasteiger partial charge in [0.25, 0.3) is 0 Å². The van der Waals surface area contributed by atoms with E-state index in [2.05, 4.69) is 9.47 Å². The first-order valence-electron chi connectivity index (χ1n) is 5.18. The number of ether oxygens (including phenoxy) is 2. The molecule has 0 heterocycles. The minimum Gasteiger partial charge on any atom is -0.481 e. The predicted molar refractivity (Wildman–Crippen MR) is 57.2 cm³/mol. The SMILES string of the molecule is CC(=O)OC(CC(=O)O)C(=O)OC(=O)C(O)CC(=O)O. The number of esters is 3. The van der Waals surface area contributed by atoms with Gasteiger partial charge in [0, 0.05) is 6.92 Å². The molecule has 112 valence electrons. The molecular weight excluding hydrogens is 280 g/mol. The highest BCUT2D eigenvalue weighted by atomic mass is 16.6. The number of aliphatic carboxylic acids is 2. The summed E-state index contributed by atoms with van der Waals surface area (Å²) in [7, 11) is 0. The van der Waals surface area contributed by atoms with Crippen molar-refractivity contribution in [2.24, 2.45) is 0 Å². The molecule has 0 rings (SSSR count). The van der Waals surface area contributed by atoms with Gasteiger partial charge < -0.3 is 24.8 Å². The van der Waals surface area contributed by atoms with E-state index in [4.69, 9.17) is 15.3 Å². The third-order valence-electron chi connectivity index (χ3n) is 1.77. The van der Waals surface area contributed by atoms with Crippen molar-refractivity contribution in [3.05, 3.63) is 0 Å². The summed E-state index contributed by atoms with van der Waals surface area (Å²) >= 11 is 0. The summed E-state index contributed by atoms with van der Waals surface area (Å²) < 4.78 is 8.39. The number of aliphatic hydroxyl groups excluding tert-OH is 1. The van der Waals surface area contributed by atoms with Crippen LogP contribution in [0, 0.1) is 0 Å². The molecule has 3 N–H and O–H groups in total. The monoisotopic (exact) mass is 292 g/mol. The summed E-state index contributed by atoms with van der Waals surface area (Å²) in [6, 6.07) is 0. The van der Waals surface area contributed by atoms with Crippen LogP contribution < -0.4 is 0 Å². The van der Waals surface area contributed by atoms with Crippen molar-refractivity contribution in [2.45, 2.75) is 32.0 Å². The number of rotatable bonds is 7. The fourth-order valence-corrected chi connectivity index (χ4v) is 1.01. The van der Waals surface area contributed by atoms with Gasteiger partial charge in [-0.3, -0.25) is 14.4 Å². The highest BCUT2D eigenvalue weighted by Crippen LogP contribution is 2.05. The molecule has 0 aliphatic rings. The Balaban J connectivity index is 4.66. The Bertz CT molecular complexity index is 410. The molecule has 0 amide bonds. The maximum atomic E-state index is 11.4. The molecule has 10 nitrogen and oxygen atoms in total. The number of carboxylic acids is 2. The van der Waals surface area contributed by atoms with Crippen molar-refractivity contribution in [1.82, 2.24) is 0 Å². The zero-order chi connectivity index (χ0) is 15.9. The van der Waals surface area contributed by atoms with Crippen molar-refractivity contribution in [3.63, 3.8) is 0 Å². The summed E-state index contributed by atoms with van der Waals surface area (Å²) in [5.41, 5.74) is 0. The number of hydrogen-bond acceptors (Lipinski definition) is 8. The number of hydrogen-bond donors (Lipinski definition) is 3. The van der Waals surface area contributed by atoms with E-state index in [0.29, 0.717) is 0 Å². The van der Waals surface area contributed by atoms with E-state index in [1.807, 2.05) is 0 Å². The molecule has 10 heteroatoms. The molecule has 0 saturated carbocycles. The minimum absolute atomic E-state index is 0.906. The van der Waals surface area contributed by atoms with Gasteiger partial charge in [-0.1, -0.05) is 0 Å². The molecule has 20 heavy (non-hydrogen) atoms. The van der Waals surface area contributed by atoms with E-state index in [-0.39, 0.29) is 0 Å². The molecule has 0 aliphatic carbocycles. The van der Waals surface area contributed by atoms with Gasteiger partial charge in [-0.2, -0.15) is 0 Å². The third-order valence-corrected chi connectivity index (χ3v) is 1.77. The Hall–Kier alpha value is -2.49. The molecule has 2 unspecified atom stereocenters. The first-order chi connectivity index (χ1) is 9.13. The van der Waals surface area contributed by atoms with Gasteiger partial charge in [0.15, 0.2) is 6.10 Å². The van der Waals surface area contributed by atoms with Crippen LogP contribution in [0.4, 0.5) is 0 Å². The van der Waals surface area contributed by atoms with Crippen LogP contribution in [0.3, 0.4) is 0 Å². The Morgan fingerprint density at radius 2 is 1.45 bits per heavy atom. The molecule has 0 aromatic carbocycles. The molecule has 2 atom stereocenters. The van der Waals surface area contributed by atoms with E-state index in [1.54, 1.807) is 0 Å². The van der Waals surface area contributed by atoms with Crippen molar-refractivity contribution in [1.29, 1.82) is 0 Å². The largest absolute Gasteiger partial charge is 0.481 e. The molecule has 0 fully saturated rings. The highest BCUT2D eigenvalue weighted by Gasteiger charge is 2.31. The summed E-state index contributed by atoms with van der Waals surface area (Å²) in [6.45, 7) is 0.906. The second-order valence-electron chi connectivity index (χ2n) is 3.55. The van der Waals surface area contributed by atoms with Crippen LogP contribution in [-0.2, 0) is 33.4 Å². The van der Waals surface area contributed by atoms with Crippen molar-refractivity contribution >= 4 is 29.8 Å². The lowest BCUT2D eigenvalue weighted by Gasteiger charge is -2.14. The highest BCUT2D eigenvalue weighted by molar-refractivity contribution is 5.93. The second kappa shape index (κ2) is 7.84. The van der Waals surface area contributed by atoms with E-state index in [9.17, 15) is 24.0 Å². The molecule has 0 saturated heterocycles. The molecule has 0 bridgehead atoms. The van der Waals surface area contributed by atoms with Gasteiger partial charge in [0.1, 0.15) is 0 Å². The summed E-state index contributed by atoms with van der Waals surface area (Å²) in [5.74, 6) is -7.08. The average molecular weight is 292 g/mol. The van der Waals surface area contributed by atoms with Gasteiger partial charge in [0.05, 0.1) is 12.8 Å². The molecule has 0 aromatic heterocycles. The zero-order valence-corrected chi connectivity index (χ0v) is 10.3. The molecule has 0 aliphatic heterocycles. The Labute approximate surface area is 111 Å². The lowest BCUT2D eigenvalue weighted by atomic mass is 10.2. The van der Waals surface area contributed by atoms with Gasteiger partial charge in [-0.15, -0.1) is 0 Å². The van der Waals surface area contributed by atoms with Crippen LogP contribution in [0.2, 0.25) is 0 Å². The fraction of sp³-hybridized carbons (Fsp3) is 0.500. The van der Waals surface area contributed by atoms with Crippen LogP contribution in [0.1, 0.15) is 19.8 Å². The van der Waals surface area contributed by atoms with Crippen molar-refractivity contribution < 1.29 is 48.8 Å². The lowest BCUT2D eigenvalue weighted by molar-refractivity contribution is -0.179. The average Bonchev–Trinajstić information content (AvgIpc) is 2.25. The predicted octanol–water partition coefficient (Wildman–Crippen LogP) is -1.70. The van der Waals surface area contributed by atoms with E-state index in [0.717, 1.165) is 6.92 Å². The first-order valence-corrected chi connectivity index (χ1v) is 5.18. The van der Waals surface area contributed by atoms with E-state index in [1.165, 1.54) is 0 Å². The number of aliphatic hydroxyl groups is 1. The Kier molecular flexibility index (Phi) is 6.86. The number of carbonyl (C=O) groups is 5. The van der Waals surface area contributed by atoms with Gasteiger partial charge in [0.2, 0.25) is 6.10 Å². The maximum absolute atomic E-state index is 11.4. The van der Waals surface area contributed by atoms with Gasteiger partial charge in [-0.05, 0) is 0 Å².